The van der Waals surface area contributed by atoms with E-state index in [4.69, 9.17) is 14.7 Å². The standard InChI is InChI=1S/C38H74O4.C4H5N/c1-3-5-7-9-11-13-15-17-19-21-23-25-27-29-31-33-37(39)41-35-36-42-38(40)34-32-30-28-26-24-22-20-18-16-14-12-10-8-6-4-2;1-4(2)3-5/h3-36H2,1-2H3;1H2,2H3. The predicted molar refractivity (Wildman–Crippen MR) is 201 cm³/mol. The van der Waals surface area contributed by atoms with Gasteiger partial charge < -0.3 is 9.47 Å². The molecule has 0 aliphatic rings. The van der Waals surface area contributed by atoms with E-state index in [9.17, 15) is 9.59 Å². The van der Waals surface area contributed by atoms with Crippen molar-refractivity contribution in [3.05, 3.63) is 12.2 Å². The fraction of sp³-hybridized carbons (Fsp3) is 0.881. The second-order valence-electron chi connectivity index (χ2n) is 13.7. The average Bonchev–Trinajstić information content (AvgIpc) is 3.06. The van der Waals surface area contributed by atoms with E-state index in [0.717, 1.165) is 25.7 Å². The van der Waals surface area contributed by atoms with Crippen LogP contribution in [0.1, 0.15) is 226 Å². The van der Waals surface area contributed by atoms with Gasteiger partial charge in [0, 0.05) is 18.4 Å². The van der Waals surface area contributed by atoms with Gasteiger partial charge in [-0.25, -0.2) is 0 Å². The van der Waals surface area contributed by atoms with Crippen LogP contribution in [0, 0.1) is 11.3 Å². The molecule has 0 aromatic heterocycles. The molecule has 0 N–H and O–H groups in total. The summed E-state index contributed by atoms with van der Waals surface area (Å²) in [6, 6.07) is 1.83. The largest absolute Gasteiger partial charge is 0.462 e. The maximum atomic E-state index is 11.9. The van der Waals surface area contributed by atoms with Crippen molar-refractivity contribution >= 4 is 11.9 Å². The van der Waals surface area contributed by atoms with E-state index in [1.807, 2.05) is 6.07 Å². The van der Waals surface area contributed by atoms with Gasteiger partial charge in [-0.1, -0.05) is 200 Å². The van der Waals surface area contributed by atoms with Crippen LogP contribution in [-0.2, 0) is 19.1 Å². The number of carbonyl (C=O) groups is 2. The molecule has 0 saturated carbocycles. The van der Waals surface area contributed by atoms with E-state index in [2.05, 4.69) is 20.4 Å². The molecule has 0 aromatic rings. The van der Waals surface area contributed by atoms with Gasteiger partial charge in [0.25, 0.3) is 0 Å². The number of allylic oxidation sites excluding steroid dienone is 1. The van der Waals surface area contributed by atoms with Crippen molar-refractivity contribution < 1.29 is 19.1 Å². The topological polar surface area (TPSA) is 76.4 Å². The Kier molecular flexibility index (Phi) is 42.5. The van der Waals surface area contributed by atoms with Crippen molar-refractivity contribution in [2.75, 3.05) is 13.2 Å². The third-order valence-corrected chi connectivity index (χ3v) is 8.77. The lowest BCUT2D eigenvalue weighted by molar-refractivity contribution is -0.152. The van der Waals surface area contributed by atoms with Crippen LogP contribution in [0.25, 0.3) is 0 Å². The van der Waals surface area contributed by atoms with Gasteiger partial charge in [0.15, 0.2) is 0 Å². The highest BCUT2D eigenvalue weighted by Gasteiger charge is 2.06. The van der Waals surface area contributed by atoms with Gasteiger partial charge in [-0.05, 0) is 19.8 Å². The molecule has 0 spiro atoms. The van der Waals surface area contributed by atoms with E-state index in [1.54, 1.807) is 6.92 Å². The van der Waals surface area contributed by atoms with Crippen molar-refractivity contribution in [1.82, 2.24) is 0 Å². The molecule has 0 rings (SSSR count). The number of nitrogens with zero attached hydrogens (tertiary/aromatic N) is 1. The van der Waals surface area contributed by atoms with E-state index < -0.39 is 0 Å². The van der Waals surface area contributed by atoms with Crippen LogP contribution in [0.15, 0.2) is 12.2 Å². The molecule has 0 unspecified atom stereocenters. The van der Waals surface area contributed by atoms with Gasteiger partial charge in [0.2, 0.25) is 0 Å². The zero-order valence-corrected chi connectivity index (χ0v) is 31.8. The molecule has 0 radical (unpaired) electrons. The van der Waals surface area contributed by atoms with Gasteiger partial charge >= 0.3 is 11.9 Å². The summed E-state index contributed by atoms with van der Waals surface area (Å²) in [7, 11) is 0. The summed E-state index contributed by atoms with van der Waals surface area (Å²) in [5.41, 5.74) is 0.560. The highest BCUT2D eigenvalue weighted by atomic mass is 16.6. The number of nitriles is 1. The molecular formula is C42H79NO4. The molecule has 0 aliphatic carbocycles. The fourth-order valence-corrected chi connectivity index (χ4v) is 5.74. The van der Waals surface area contributed by atoms with Crippen molar-refractivity contribution in [2.45, 2.75) is 226 Å². The number of ether oxygens (including phenoxy) is 2. The lowest BCUT2D eigenvalue weighted by Gasteiger charge is -2.07. The van der Waals surface area contributed by atoms with Crippen molar-refractivity contribution in [3.63, 3.8) is 0 Å². The molecule has 0 atom stereocenters. The molecule has 47 heavy (non-hydrogen) atoms. The molecule has 0 aromatic carbocycles. The second kappa shape index (κ2) is 42.2. The van der Waals surface area contributed by atoms with Crippen molar-refractivity contribution in [1.29, 1.82) is 5.26 Å². The Morgan fingerprint density at radius 1 is 0.447 bits per heavy atom. The first kappa shape index (κ1) is 47.3. The molecule has 5 heteroatoms. The summed E-state index contributed by atoms with van der Waals surface area (Å²) >= 11 is 0. The Labute approximate surface area is 293 Å². The Balaban J connectivity index is 0. The van der Waals surface area contributed by atoms with Gasteiger partial charge in [0.05, 0.1) is 6.07 Å². The van der Waals surface area contributed by atoms with E-state index in [0.29, 0.717) is 18.4 Å². The highest BCUT2D eigenvalue weighted by Crippen LogP contribution is 2.15. The fourth-order valence-electron chi connectivity index (χ4n) is 5.74. The van der Waals surface area contributed by atoms with Gasteiger partial charge in [-0.3, -0.25) is 9.59 Å². The second-order valence-corrected chi connectivity index (χ2v) is 13.7. The third kappa shape index (κ3) is 46.3. The van der Waals surface area contributed by atoms with Crippen LogP contribution >= 0.6 is 0 Å². The van der Waals surface area contributed by atoms with Crippen LogP contribution in [-0.4, -0.2) is 25.2 Å². The minimum Gasteiger partial charge on any atom is -0.462 e. The van der Waals surface area contributed by atoms with Crippen LogP contribution in [0.3, 0.4) is 0 Å². The third-order valence-electron chi connectivity index (χ3n) is 8.77. The number of hydrogen-bond donors (Lipinski definition) is 0. The Morgan fingerprint density at radius 3 is 0.830 bits per heavy atom. The predicted octanol–water partition coefficient (Wildman–Crippen LogP) is 13.7. The highest BCUT2D eigenvalue weighted by molar-refractivity contribution is 5.70. The summed E-state index contributed by atoms with van der Waals surface area (Å²) in [6.07, 6.45) is 40.5. The SMILES string of the molecule is C=C(C)C#N.CCCCCCCCCCCCCCCCCC(=O)OCCOC(=O)CCCCCCCCCCCCCCCCC. The van der Waals surface area contributed by atoms with Crippen molar-refractivity contribution in [2.24, 2.45) is 0 Å². The zero-order chi connectivity index (χ0) is 34.9. The first-order valence-electron chi connectivity index (χ1n) is 20.3. The molecule has 0 heterocycles. The molecule has 0 fully saturated rings. The molecule has 5 nitrogen and oxygen atoms in total. The van der Waals surface area contributed by atoms with Crippen LogP contribution in [0.2, 0.25) is 0 Å². The Hall–Kier alpha value is -1.83. The first-order valence-corrected chi connectivity index (χ1v) is 20.3. The smallest absolute Gasteiger partial charge is 0.305 e. The number of esters is 2. The molecule has 276 valence electrons. The maximum absolute atomic E-state index is 11.9. The Bertz CT molecular complexity index is 666. The minimum atomic E-state index is -0.164. The average molecular weight is 662 g/mol. The quantitative estimate of drug-likeness (QED) is 0.0384. The van der Waals surface area contributed by atoms with E-state index in [1.165, 1.54) is 167 Å². The number of carbonyl (C=O) groups excluding carboxylic acids is 2. The van der Waals surface area contributed by atoms with Crippen LogP contribution < -0.4 is 0 Å². The Morgan fingerprint density at radius 2 is 0.638 bits per heavy atom. The van der Waals surface area contributed by atoms with Gasteiger partial charge in [-0.15, -0.1) is 0 Å². The lowest BCUT2D eigenvalue weighted by atomic mass is 10.0. The first-order chi connectivity index (χ1) is 23.0. The van der Waals surface area contributed by atoms with E-state index in [-0.39, 0.29) is 25.2 Å². The summed E-state index contributed by atoms with van der Waals surface area (Å²) < 4.78 is 10.5. The summed E-state index contributed by atoms with van der Waals surface area (Å²) in [5, 5.41) is 7.79. The number of rotatable bonds is 35. The molecule has 0 bridgehead atoms. The van der Waals surface area contributed by atoms with Gasteiger partial charge in [-0.2, -0.15) is 5.26 Å². The number of unbranched alkanes of at least 4 members (excludes halogenated alkanes) is 28. The van der Waals surface area contributed by atoms with E-state index >= 15 is 0 Å². The summed E-state index contributed by atoms with van der Waals surface area (Å²) in [4.78, 5) is 23.8. The zero-order valence-electron chi connectivity index (χ0n) is 31.8. The monoisotopic (exact) mass is 662 g/mol. The molecule has 0 saturated heterocycles. The minimum absolute atomic E-state index is 0.164. The van der Waals surface area contributed by atoms with Gasteiger partial charge in [0.1, 0.15) is 13.2 Å². The van der Waals surface area contributed by atoms with Crippen LogP contribution in [0.4, 0.5) is 0 Å². The summed E-state index contributed by atoms with van der Waals surface area (Å²) in [5.74, 6) is -0.327. The molecule has 0 amide bonds. The normalized spacial score (nSPS) is 10.6. The molecule has 0 aliphatic heterocycles. The molecular weight excluding hydrogens is 582 g/mol. The number of hydrogen-bond acceptors (Lipinski definition) is 5. The maximum Gasteiger partial charge on any atom is 0.305 e. The van der Waals surface area contributed by atoms with Crippen LogP contribution in [0.5, 0.6) is 0 Å². The summed E-state index contributed by atoms with van der Waals surface area (Å²) in [6.45, 7) is 9.90. The lowest BCUT2D eigenvalue weighted by Crippen LogP contribution is -2.13. The van der Waals surface area contributed by atoms with Crippen molar-refractivity contribution in [3.8, 4) is 6.07 Å².